The van der Waals surface area contributed by atoms with Gasteiger partial charge in [-0.05, 0) is 60.7 Å². The number of fused-ring (bicyclic) bond motifs is 1. The largest absolute Gasteiger partial charge is 1.00 e. The summed E-state index contributed by atoms with van der Waals surface area (Å²) in [5, 5.41) is 89.2. The Hall–Kier alpha value is -3.77. The van der Waals surface area contributed by atoms with Crippen molar-refractivity contribution in [2.75, 3.05) is 0 Å². The Labute approximate surface area is 325 Å². The number of phenolic OH excluding ortho intramolecular Hbond substituents is 5. The van der Waals surface area contributed by atoms with Gasteiger partial charge in [0.15, 0.2) is 51.5 Å². The van der Waals surface area contributed by atoms with Crippen LogP contribution >= 0.6 is 12.0 Å². The smallest absolute Gasteiger partial charge is 1.00 e. The van der Waals surface area contributed by atoms with E-state index in [-0.39, 0.29) is 78.9 Å². The number of phenols is 5. The van der Waals surface area contributed by atoms with E-state index in [0.717, 1.165) is 36.4 Å². The second-order valence-electron chi connectivity index (χ2n) is 9.16. The van der Waals surface area contributed by atoms with Crippen LogP contribution in [0, 0.1) is 0 Å². The Bertz CT molecular complexity index is 2240. The predicted molar refractivity (Wildman–Crippen MR) is 162 cm³/mol. The second-order valence-corrected chi connectivity index (χ2v) is 11.4. The molecule has 0 unspecified atom stereocenters. The Morgan fingerprint density at radius 1 is 0.714 bits per heavy atom. The van der Waals surface area contributed by atoms with E-state index in [1.165, 1.54) is 24.3 Å². The van der Waals surface area contributed by atoms with E-state index in [2.05, 4.69) is 29.8 Å². The predicted octanol–water partition coefficient (Wildman–Crippen LogP) is 0.432. The van der Waals surface area contributed by atoms with Gasteiger partial charge < -0.3 is 37.9 Å². The Kier molecular flexibility index (Phi) is 13.2. The molecule has 0 bridgehead atoms. The minimum atomic E-state index is -4.53. The summed E-state index contributed by atoms with van der Waals surface area (Å²) in [6.07, 6.45) is 0. The Balaban J connectivity index is 0.00000325. The quantitative estimate of drug-likeness (QED) is 0.0194. The van der Waals surface area contributed by atoms with Crippen molar-refractivity contribution in [2.45, 2.75) is 9.79 Å². The first-order valence-electron chi connectivity index (χ1n) is 12.5. The van der Waals surface area contributed by atoms with Crippen LogP contribution in [0.2, 0.25) is 0 Å². The maximum atomic E-state index is 13.4. The number of aromatic hydroxyl groups is 6. The van der Waals surface area contributed by atoms with Crippen LogP contribution in [0.25, 0.3) is 22.3 Å². The number of nitrogens with zero attached hydrogens (tertiary/aromatic N) is 4. The first-order valence-corrected chi connectivity index (χ1v) is 14.7. The summed E-state index contributed by atoms with van der Waals surface area (Å²) in [7, 11) is -4.53. The molecular weight excluding hydrogens is 714 g/mol. The molecule has 8 N–H and O–H groups in total. The molecule has 4 aromatic carbocycles. The van der Waals surface area contributed by atoms with Crippen molar-refractivity contribution in [3.05, 3.63) is 70.9 Å². The molecule has 0 amide bonds. The van der Waals surface area contributed by atoms with Crippen LogP contribution in [-0.2, 0) is 19.5 Å². The average Bonchev–Trinajstić information content (AvgIpc) is 3.04. The molecule has 22 heteroatoms. The van der Waals surface area contributed by atoms with Crippen LogP contribution < -0.4 is 64.5 Å². The molecule has 0 saturated carbocycles. The van der Waals surface area contributed by atoms with Crippen molar-refractivity contribution < 1.29 is 125 Å². The summed E-state index contributed by atoms with van der Waals surface area (Å²) in [6.45, 7) is 0. The number of hydrogen-bond donors (Lipinski definition) is 8. The van der Waals surface area contributed by atoms with Gasteiger partial charge in [-0.25, -0.2) is 5.26 Å². The normalized spacial score (nSPS) is 11.6. The van der Waals surface area contributed by atoms with Crippen LogP contribution in [0.4, 0.5) is 22.7 Å². The molecule has 1 heterocycles. The van der Waals surface area contributed by atoms with Crippen LogP contribution in [0.3, 0.4) is 0 Å². The van der Waals surface area contributed by atoms with Gasteiger partial charge in [-0.15, -0.1) is 14.6 Å². The molecule has 0 aliphatic carbocycles. The third-order valence-electron chi connectivity index (χ3n) is 6.21. The van der Waals surface area contributed by atoms with Crippen molar-refractivity contribution in [3.8, 4) is 45.8 Å². The first kappa shape index (κ1) is 39.7. The third-order valence-corrected chi connectivity index (χ3v) is 7.67. The molecular formula is C27H20N4Na2O14S2. The molecule has 0 aliphatic heterocycles. The summed E-state index contributed by atoms with van der Waals surface area (Å²) in [6, 6.07) is 11.8. The molecule has 0 saturated heterocycles. The van der Waals surface area contributed by atoms with Gasteiger partial charge in [0, 0.05) is 10.5 Å². The van der Waals surface area contributed by atoms with Gasteiger partial charge in [0.05, 0.1) is 28.3 Å². The molecule has 1 aromatic heterocycles. The molecule has 0 radical (unpaired) electrons. The average molecular weight is 735 g/mol. The minimum Gasteiger partial charge on any atom is -1.00 e. The summed E-state index contributed by atoms with van der Waals surface area (Å²) < 4.78 is 41.9. The minimum absolute atomic E-state index is 0. The number of benzene rings is 4. The first-order chi connectivity index (χ1) is 22.3. The fourth-order valence-corrected chi connectivity index (χ4v) is 4.84. The van der Waals surface area contributed by atoms with Gasteiger partial charge in [-0.3, -0.25) is 9.35 Å². The molecule has 0 spiro atoms. The van der Waals surface area contributed by atoms with Gasteiger partial charge in [0.1, 0.15) is 5.39 Å². The SMILES string of the molecule is O=c1c(O)c(-c2cc(O)c(O)c(O)c2)oc2c(N=Nc3ccc(S(=O)(=O)O)cc3)c(O)c(N=Nc3ccc(SOOO)cc3)c(O)c12.[H-].[H-].[Na+].[Na+]. The summed E-state index contributed by atoms with van der Waals surface area (Å²) in [4.78, 5) is 13.4. The van der Waals surface area contributed by atoms with E-state index >= 15 is 0 Å². The molecule has 5 rings (SSSR count). The molecule has 18 nitrogen and oxygen atoms in total. The van der Waals surface area contributed by atoms with Crippen molar-refractivity contribution in [3.63, 3.8) is 0 Å². The van der Waals surface area contributed by atoms with Crippen molar-refractivity contribution in [1.82, 2.24) is 0 Å². The van der Waals surface area contributed by atoms with Gasteiger partial charge in [0.2, 0.25) is 11.2 Å². The third kappa shape index (κ3) is 8.52. The molecule has 49 heavy (non-hydrogen) atoms. The van der Waals surface area contributed by atoms with Gasteiger partial charge >= 0.3 is 59.1 Å². The summed E-state index contributed by atoms with van der Waals surface area (Å²) in [5.74, 6) is -6.37. The molecule has 0 atom stereocenters. The van der Waals surface area contributed by atoms with Gasteiger partial charge in [-0.2, -0.15) is 18.6 Å². The van der Waals surface area contributed by atoms with E-state index in [9.17, 15) is 48.4 Å². The number of rotatable bonds is 9. The fraction of sp³-hybridized carbons (Fsp3) is 0. The number of azo groups is 2. The van der Waals surface area contributed by atoms with Crippen molar-refractivity contribution in [2.24, 2.45) is 20.5 Å². The van der Waals surface area contributed by atoms with Crippen molar-refractivity contribution in [1.29, 1.82) is 0 Å². The zero-order valence-corrected chi connectivity index (χ0v) is 30.5. The van der Waals surface area contributed by atoms with E-state index in [1.807, 2.05) is 0 Å². The Morgan fingerprint density at radius 2 is 1.24 bits per heavy atom. The fourth-order valence-electron chi connectivity index (χ4n) is 4.00. The maximum Gasteiger partial charge on any atom is 1.00 e. The van der Waals surface area contributed by atoms with Gasteiger partial charge in [0.25, 0.3) is 10.1 Å². The van der Waals surface area contributed by atoms with Gasteiger partial charge in [-0.1, -0.05) is 5.04 Å². The van der Waals surface area contributed by atoms with Crippen LogP contribution in [0.5, 0.6) is 34.5 Å². The summed E-state index contributed by atoms with van der Waals surface area (Å²) >= 11 is 0.664. The maximum absolute atomic E-state index is 13.4. The molecule has 5 aromatic rings. The topological polar surface area (TPSA) is 294 Å². The number of hydrogen-bond acceptors (Lipinski definition) is 18. The van der Waals surface area contributed by atoms with Crippen LogP contribution in [0.15, 0.2) is 100 Å². The van der Waals surface area contributed by atoms with E-state index in [1.54, 1.807) is 0 Å². The van der Waals surface area contributed by atoms with E-state index < -0.39 is 83.0 Å². The molecule has 246 valence electrons. The monoisotopic (exact) mass is 734 g/mol. The summed E-state index contributed by atoms with van der Waals surface area (Å²) in [5.41, 5.74) is -3.51. The second kappa shape index (κ2) is 16.3. The van der Waals surface area contributed by atoms with E-state index in [4.69, 9.17) is 9.67 Å². The Morgan fingerprint density at radius 3 is 1.78 bits per heavy atom. The molecule has 0 aliphatic rings. The standard InChI is InChI=1S/C27H18N4O14S2.2Na.2H/c32-16-9-11(10-17(33)21(16)34)26-25(38)23(36)18-22(35)19(30-28-12-1-5-14(6-2-12)46-45-44-39)24(37)20(27(18)43-26)31-29-13-3-7-15(8-4-13)47(40,41)42;;;;/h1-10,32-35,37-39H,(H,40,41,42);;;;/q;2*+1;2*-1. The van der Waals surface area contributed by atoms with E-state index in [0.29, 0.717) is 16.9 Å². The van der Waals surface area contributed by atoms with Crippen LogP contribution in [-0.4, -0.2) is 48.9 Å². The zero-order chi connectivity index (χ0) is 34.0. The zero-order valence-electron chi connectivity index (χ0n) is 26.9. The molecule has 0 fully saturated rings. The van der Waals surface area contributed by atoms with Crippen LogP contribution in [0.1, 0.15) is 2.85 Å². The van der Waals surface area contributed by atoms with Crippen molar-refractivity contribution >= 4 is 55.9 Å².